The van der Waals surface area contributed by atoms with Crippen LogP contribution in [0.25, 0.3) is 0 Å². The zero-order valence-electron chi connectivity index (χ0n) is 8.32. The molecular weight excluding hydrogens is 232 g/mol. The van der Waals surface area contributed by atoms with Gasteiger partial charge < -0.3 is 9.47 Å². The van der Waals surface area contributed by atoms with Crippen LogP contribution in [0.3, 0.4) is 0 Å². The van der Waals surface area contributed by atoms with E-state index in [0.29, 0.717) is 0 Å². The van der Waals surface area contributed by atoms with Crippen LogP contribution in [-0.4, -0.2) is 25.3 Å². The molecule has 0 amide bonds. The van der Waals surface area contributed by atoms with Crippen LogP contribution in [0.1, 0.15) is 6.42 Å². The van der Waals surface area contributed by atoms with Crippen LogP contribution in [0.15, 0.2) is 29.2 Å². The maximum Gasteiger partial charge on any atom is 0.158 e. The van der Waals surface area contributed by atoms with E-state index in [1.165, 1.54) is 4.90 Å². The summed E-state index contributed by atoms with van der Waals surface area (Å²) in [5, 5.41) is 0.779. The van der Waals surface area contributed by atoms with Gasteiger partial charge in [-0.25, -0.2) is 0 Å². The van der Waals surface area contributed by atoms with E-state index < -0.39 is 0 Å². The second-order valence-corrected chi connectivity index (χ2v) is 4.87. The highest BCUT2D eigenvalue weighted by molar-refractivity contribution is 7.99. The molecular formula is C11H13ClO2S. The summed E-state index contributed by atoms with van der Waals surface area (Å²) in [5.41, 5.74) is 0. The third-order valence-corrected chi connectivity index (χ3v) is 3.42. The Bertz CT molecular complexity index is 296. The Morgan fingerprint density at radius 1 is 1.20 bits per heavy atom. The van der Waals surface area contributed by atoms with Gasteiger partial charge in [-0.3, -0.25) is 0 Å². The average Bonchev–Trinajstić information content (AvgIpc) is 2.74. The molecule has 0 aliphatic carbocycles. The Balaban J connectivity index is 1.71. The fraction of sp³-hybridized carbons (Fsp3) is 0.455. The minimum Gasteiger partial charge on any atom is -0.350 e. The second kappa shape index (κ2) is 5.75. The maximum atomic E-state index is 5.80. The highest BCUT2D eigenvalue weighted by Crippen LogP contribution is 2.22. The van der Waals surface area contributed by atoms with Crippen LogP contribution in [0.2, 0.25) is 5.02 Å². The molecule has 0 bridgehead atoms. The first-order valence-corrected chi connectivity index (χ1v) is 6.32. The van der Waals surface area contributed by atoms with Crippen LogP contribution in [-0.2, 0) is 9.47 Å². The highest BCUT2D eigenvalue weighted by atomic mass is 35.5. The van der Waals surface area contributed by atoms with Gasteiger partial charge in [0.1, 0.15) is 0 Å². The molecule has 82 valence electrons. The van der Waals surface area contributed by atoms with Crippen LogP contribution in [0.4, 0.5) is 0 Å². The molecule has 0 radical (unpaired) electrons. The van der Waals surface area contributed by atoms with Crippen molar-refractivity contribution in [2.45, 2.75) is 17.6 Å². The number of ether oxygens (including phenoxy) is 2. The summed E-state index contributed by atoms with van der Waals surface area (Å²) in [6, 6.07) is 7.88. The Morgan fingerprint density at radius 3 is 2.53 bits per heavy atom. The lowest BCUT2D eigenvalue weighted by atomic mass is 10.4. The normalized spacial score (nSPS) is 17.1. The third kappa shape index (κ3) is 3.68. The first-order chi connectivity index (χ1) is 7.34. The monoisotopic (exact) mass is 244 g/mol. The molecule has 1 aromatic carbocycles. The molecule has 2 rings (SSSR count). The summed E-state index contributed by atoms with van der Waals surface area (Å²) in [7, 11) is 0. The Hall–Kier alpha value is -0.220. The molecule has 0 saturated carbocycles. The second-order valence-electron chi connectivity index (χ2n) is 3.26. The summed E-state index contributed by atoms with van der Waals surface area (Å²) in [5.74, 6) is 1.01. The summed E-state index contributed by atoms with van der Waals surface area (Å²) >= 11 is 7.60. The van der Waals surface area contributed by atoms with E-state index >= 15 is 0 Å². The van der Waals surface area contributed by atoms with E-state index in [1.54, 1.807) is 11.8 Å². The van der Waals surface area contributed by atoms with Gasteiger partial charge in [0.05, 0.1) is 13.2 Å². The van der Waals surface area contributed by atoms with Crippen molar-refractivity contribution in [3.8, 4) is 0 Å². The number of halogens is 1. The molecule has 0 atom stereocenters. The Morgan fingerprint density at radius 2 is 1.87 bits per heavy atom. The largest absolute Gasteiger partial charge is 0.350 e. The summed E-state index contributed by atoms with van der Waals surface area (Å²) in [4.78, 5) is 1.23. The van der Waals surface area contributed by atoms with Gasteiger partial charge in [0, 0.05) is 22.1 Å². The molecule has 4 heteroatoms. The number of thioether (sulfide) groups is 1. The van der Waals surface area contributed by atoms with Crippen molar-refractivity contribution in [2.24, 2.45) is 0 Å². The minimum absolute atomic E-state index is 0.00444. The van der Waals surface area contributed by atoms with Gasteiger partial charge in [-0.15, -0.1) is 11.8 Å². The van der Waals surface area contributed by atoms with E-state index in [0.717, 1.165) is 30.4 Å². The molecule has 0 unspecified atom stereocenters. The molecule has 1 fully saturated rings. The van der Waals surface area contributed by atoms with E-state index in [-0.39, 0.29) is 6.29 Å². The maximum absolute atomic E-state index is 5.80. The van der Waals surface area contributed by atoms with E-state index in [4.69, 9.17) is 21.1 Å². The SMILES string of the molecule is Clc1ccc(SCCC2OCCO2)cc1. The van der Waals surface area contributed by atoms with Gasteiger partial charge >= 0.3 is 0 Å². The molecule has 1 aromatic rings. The van der Waals surface area contributed by atoms with Gasteiger partial charge in [0.15, 0.2) is 6.29 Å². The fourth-order valence-electron chi connectivity index (χ4n) is 1.38. The zero-order chi connectivity index (χ0) is 10.5. The summed E-state index contributed by atoms with van der Waals surface area (Å²) in [6.45, 7) is 1.46. The number of benzene rings is 1. The number of hydrogen-bond acceptors (Lipinski definition) is 3. The Labute approximate surface area is 98.9 Å². The summed E-state index contributed by atoms with van der Waals surface area (Å²) in [6.07, 6.45) is 0.942. The minimum atomic E-state index is 0.00444. The van der Waals surface area contributed by atoms with Crippen molar-refractivity contribution in [3.05, 3.63) is 29.3 Å². The molecule has 0 N–H and O–H groups in total. The van der Waals surface area contributed by atoms with Crippen LogP contribution in [0, 0.1) is 0 Å². The van der Waals surface area contributed by atoms with Gasteiger partial charge in [0.2, 0.25) is 0 Å². The molecule has 1 aliphatic heterocycles. The predicted molar refractivity (Wildman–Crippen MR) is 62.5 cm³/mol. The molecule has 0 spiro atoms. The van der Waals surface area contributed by atoms with Crippen molar-refractivity contribution >= 4 is 23.4 Å². The lowest BCUT2D eigenvalue weighted by molar-refractivity contribution is -0.0421. The predicted octanol–water partition coefficient (Wildman–Crippen LogP) is 3.20. The van der Waals surface area contributed by atoms with E-state index in [9.17, 15) is 0 Å². The van der Waals surface area contributed by atoms with Crippen molar-refractivity contribution in [1.29, 1.82) is 0 Å². The first kappa shape index (κ1) is 11.3. The molecule has 1 aliphatic rings. The zero-order valence-corrected chi connectivity index (χ0v) is 9.89. The van der Waals surface area contributed by atoms with Gasteiger partial charge in [-0.2, -0.15) is 0 Å². The van der Waals surface area contributed by atoms with Gasteiger partial charge in [0.25, 0.3) is 0 Å². The highest BCUT2D eigenvalue weighted by Gasteiger charge is 2.14. The van der Waals surface area contributed by atoms with Crippen molar-refractivity contribution in [1.82, 2.24) is 0 Å². The van der Waals surface area contributed by atoms with Crippen LogP contribution in [0.5, 0.6) is 0 Å². The molecule has 15 heavy (non-hydrogen) atoms. The smallest absolute Gasteiger partial charge is 0.158 e. The van der Waals surface area contributed by atoms with Gasteiger partial charge in [-0.05, 0) is 24.3 Å². The number of hydrogen-bond donors (Lipinski definition) is 0. The molecule has 2 nitrogen and oxygen atoms in total. The van der Waals surface area contributed by atoms with Gasteiger partial charge in [-0.1, -0.05) is 11.6 Å². The van der Waals surface area contributed by atoms with E-state index in [2.05, 4.69) is 0 Å². The first-order valence-electron chi connectivity index (χ1n) is 4.96. The lowest BCUT2D eigenvalue weighted by Crippen LogP contribution is -2.08. The summed E-state index contributed by atoms with van der Waals surface area (Å²) < 4.78 is 10.7. The van der Waals surface area contributed by atoms with Crippen molar-refractivity contribution in [3.63, 3.8) is 0 Å². The average molecular weight is 245 g/mol. The molecule has 1 saturated heterocycles. The van der Waals surface area contributed by atoms with Crippen LogP contribution >= 0.6 is 23.4 Å². The topological polar surface area (TPSA) is 18.5 Å². The standard InChI is InChI=1S/C11H13ClO2S/c12-9-1-3-10(4-2-9)15-8-5-11-13-6-7-14-11/h1-4,11H,5-8H2. The molecule has 0 aromatic heterocycles. The third-order valence-electron chi connectivity index (χ3n) is 2.13. The number of rotatable bonds is 4. The van der Waals surface area contributed by atoms with Crippen molar-refractivity contribution in [2.75, 3.05) is 19.0 Å². The Kier molecular flexibility index (Phi) is 4.32. The lowest BCUT2D eigenvalue weighted by Gasteiger charge is -2.07. The van der Waals surface area contributed by atoms with E-state index in [1.807, 2.05) is 24.3 Å². The quantitative estimate of drug-likeness (QED) is 0.758. The van der Waals surface area contributed by atoms with Crippen LogP contribution < -0.4 is 0 Å². The fourth-order valence-corrected chi connectivity index (χ4v) is 2.38. The molecule has 1 heterocycles. The van der Waals surface area contributed by atoms with Crippen molar-refractivity contribution < 1.29 is 9.47 Å².